The van der Waals surface area contributed by atoms with Crippen LogP contribution in [0, 0.1) is 0 Å². The van der Waals surface area contributed by atoms with Crippen LogP contribution in [0.5, 0.6) is 0 Å². The molecule has 1 fully saturated rings. The van der Waals surface area contributed by atoms with Gasteiger partial charge in [-0.2, -0.15) is 4.98 Å². The lowest BCUT2D eigenvalue weighted by Crippen LogP contribution is -2.31. The zero-order valence-electron chi connectivity index (χ0n) is 12.6. The maximum absolute atomic E-state index is 11.8. The lowest BCUT2D eigenvalue weighted by Gasteiger charge is -2.09. The zero-order chi connectivity index (χ0) is 16.1. The summed E-state index contributed by atoms with van der Waals surface area (Å²) >= 11 is 3.39. The summed E-state index contributed by atoms with van der Waals surface area (Å²) in [5, 5.41) is 6.83. The number of rotatable bonds is 6. The van der Waals surface area contributed by atoms with Gasteiger partial charge in [0.1, 0.15) is 0 Å². The van der Waals surface area contributed by atoms with E-state index in [2.05, 4.69) is 31.4 Å². The van der Waals surface area contributed by atoms with Crippen LogP contribution in [-0.4, -0.2) is 35.3 Å². The van der Waals surface area contributed by atoms with Crippen molar-refractivity contribution in [3.8, 4) is 11.4 Å². The van der Waals surface area contributed by atoms with Gasteiger partial charge in [-0.3, -0.25) is 4.79 Å². The number of carbonyl (C=O) groups excluding carboxylic acids is 1. The summed E-state index contributed by atoms with van der Waals surface area (Å²) in [4.78, 5) is 16.1. The van der Waals surface area contributed by atoms with E-state index in [0.29, 0.717) is 31.1 Å². The molecule has 1 aliphatic rings. The van der Waals surface area contributed by atoms with Crippen LogP contribution in [0.15, 0.2) is 33.3 Å². The van der Waals surface area contributed by atoms with Crippen LogP contribution in [0.1, 0.15) is 25.2 Å². The summed E-state index contributed by atoms with van der Waals surface area (Å²) in [6, 6.07) is 7.66. The van der Waals surface area contributed by atoms with Crippen LogP contribution in [0.3, 0.4) is 0 Å². The molecule has 1 aromatic heterocycles. The van der Waals surface area contributed by atoms with E-state index in [1.165, 1.54) is 0 Å². The fraction of sp³-hybridized carbons (Fsp3) is 0.438. The molecule has 0 saturated carbocycles. The summed E-state index contributed by atoms with van der Waals surface area (Å²) < 4.78 is 11.7. The molecule has 0 aliphatic carbocycles. The second-order valence-corrected chi connectivity index (χ2v) is 6.37. The zero-order valence-corrected chi connectivity index (χ0v) is 14.2. The van der Waals surface area contributed by atoms with Crippen molar-refractivity contribution >= 4 is 21.8 Å². The minimum Gasteiger partial charge on any atom is -0.376 e. The molecule has 1 amide bonds. The Morgan fingerprint density at radius 3 is 2.91 bits per heavy atom. The van der Waals surface area contributed by atoms with Crippen LogP contribution in [0.25, 0.3) is 11.4 Å². The molecule has 7 heteroatoms. The van der Waals surface area contributed by atoms with Crippen molar-refractivity contribution < 1.29 is 14.1 Å². The number of aromatic nitrogens is 2. The van der Waals surface area contributed by atoms with Crippen LogP contribution in [0.4, 0.5) is 0 Å². The number of hydrogen-bond donors (Lipinski definition) is 1. The first-order valence-electron chi connectivity index (χ1n) is 7.67. The largest absolute Gasteiger partial charge is 0.376 e. The van der Waals surface area contributed by atoms with Crippen LogP contribution < -0.4 is 5.32 Å². The fourth-order valence-corrected chi connectivity index (χ4v) is 2.68. The minimum absolute atomic E-state index is 0.0242. The van der Waals surface area contributed by atoms with Crippen molar-refractivity contribution in [3.63, 3.8) is 0 Å². The number of aryl methyl sites for hydroxylation is 1. The highest BCUT2D eigenvalue weighted by molar-refractivity contribution is 9.10. The Morgan fingerprint density at radius 1 is 1.35 bits per heavy atom. The van der Waals surface area contributed by atoms with Crippen molar-refractivity contribution in [2.24, 2.45) is 0 Å². The normalized spacial score (nSPS) is 17.3. The first-order valence-corrected chi connectivity index (χ1v) is 8.47. The predicted octanol–water partition coefficient (Wildman–Crippen LogP) is 2.73. The Kier molecular flexibility index (Phi) is 5.40. The van der Waals surface area contributed by atoms with Gasteiger partial charge in [-0.05, 0) is 37.1 Å². The summed E-state index contributed by atoms with van der Waals surface area (Å²) in [6.45, 7) is 1.37. The van der Waals surface area contributed by atoms with Gasteiger partial charge in [-0.1, -0.05) is 21.1 Å². The van der Waals surface area contributed by atoms with Crippen LogP contribution in [0.2, 0.25) is 0 Å². The van der Waals surface area contributed by atoms with E-state index in [0.717, 1.165) is 29.5 Å². The molecule has 0 unspecified atom stereocenters. The summed E-state index contributed by atoms with van der Waals surface area (Å²) in [6.07, 6.45) is 3.00. The third-order valence-electron chi connectivity index (χ3n) is 3.69. The van der Waals surface area contributed by atoms with E-state index in [1.54, 1.807) is 0 Å². The van der Waals surface area contributed by atoms with Crippen LogP contribution in [-0.2, 0) is 16.0 Å². The fourth-order valence-electron chi connectivity index (χ4n) is 2.41. The molecular weight excluding hydrogens is 362 g/mol. The second kappa shape index (κ2) is 7.70. The van der Waals surface area contributed by atoms with Gasteiger partial charge in [0.15, 0.2) is 0 Å². The SMILES string of the molecule is O=C(CCc1nc(-c2ccc(Br)cc2)no1)NC[C@H]1CCCO1. The van der Waals surface area contributed by atoms with Crippen LogP contribution >= 0.6 is 15.9 Å². The standard InChI is InChI=1S/C16H18BrN3O3/c17-12-5-3-11(4-6-12)16-19-15(23-20-16)8-7-14(21)18-10-13-2-1-9-22-13/h3-6,13H,1-2,7-10H2,(H,18,21)/t13-/m1/s1. The smallest absolute Gasteiger partial charge is 0.227 e. The Balaban J connectivity index is 1.47. The van der Waals surface area contributed by atoms with Gasteiger partial charge < -0.3 is 14.6 Å². The molecule has 2 heterocycles. The topological polar surface area (TPSA) is 77.2 Å². The molecule has 1 atom stereocenters. The molecule has 3 rings (SSSR count). The molecule has 1 N–H and O–H groups in total. The Labute approximate surface area is 142 Å². The Hall–Kier alpha value is -1.73. The van der Waals surface area contributed by atoms with Gasteiger partial charge in [-0.25, -0.2) is 0 Å². The number of amides is 1. The number of nitrogens with one attached hydrogen (secondary N) is 1. The first-order chi connectivity index (χ1) is 11.2. The number of hydrogen-bond acceptors (Lipinski definition) is 5. The van der Waals surface area contributed by atoms with Crippen molar-refractivity contribution in [2.45, 2.75) is 31.8 Å². The molecule has 1 saturated heterocycles. The van der Waals surface area contributed by atoms with Crippen molar-refractivity contribution in [2.75, 3.05) is 13.2 Å². The second-order valence-electron chi connectivity index (χ2n) is 5.46. The number of ether oxygens (including phenoxy) is 1. The summed E-state index contributed by atoms with van der Waals surface area (Å²) in [5.41, 5.74) is 0.881. The lowest BCUT2D eigenvalue weighted by atomic mass is 10.2. The lowest BCUT2D eigenvalue weighted by molar-refractivity contribution is -0.121. The molecule has 122 valence electrons. The van der Waals surface area contributed by atoms with Crippen molar-refractivity contribution in [1.29, 1.82) is 0 Å². The Morgan fingerprint density at radius 2 is 2.17 bits per heavy atom. The molecule has 0 spiro atoms. The maximum Gasteiger partial charge on any atom is 0.227 e. The maximum atomic E-state index is 11.8. The molecule has 1 aliphatic heterocycles. The van der Waals surface area contributed by atoms with E-state index in [9.17, 15) is 4.79 Å². The van der Waals surface area contributed by atoms with Gasteiger partial charge >= 0.3 is 0 Å². The summed E-state index contributed by atoms with van der Waals surface area (Å²) in [7, 11) is 0. The van der Waals surface area contributed by atoms with E-state index in [1.807, 2.05) is 24.3 Å². The van der Waals surface area contributed by atoms with Gasteiger partial charge in [0.2, 0.25) is 17.6 Å². The predicted molar refractivity (Wildman–Crippen MR) is 87.7 cm³/mol. The van der Waals surface area contributed by atoms with Gasteiger partial charge in [0, 0.05) is 36.0 Å². The molecule has 1 aromatic carbocycles. The van der Waals surface area contributed by atoms with E-state index in [4.69, 9.17) is 9.26 Å². The highest BCUT2D eigenvalue weighted by Crippen LogP contribution is 2.19. The Bertz CT molecular complexity index is 651. The highest BCUT2D eigenvalue weighted by Gasteiger charge is 2.16. The third kappa shape index (κ3) is 4.62. The molecular formula is C16H18BrN3O3. The number of carbonyl (C=O) groups is 1. The third-order valence-corrected chi connectivity index (χ3v) is 4.22. The molecule has 0 bridgehead atoms. The average Bonchev–Trinajstić information content (AvgIpc) is 3.23. The van der Waals surface area contributed by atoms with E-state index < -0.39 is 0 Å². The highest BCUT2D eigenvalue weighted by atomic mass is 79.9. The monoisotopic (exact) mass is 379 g/mol. The summed E-state index contributed by atoms with van der Waals surface area (Å²) in [5.74, 6) is 0.978. The molecule has 23 heavy (non-hydrogen) atoms. The van der Waals surface area contributed by atoms with E-state index >= 15 is 0 Å². The number of benzene rings is 1. The van der Waals surface area contributed by atoms with Crippen molar-refractivity contribution in [3.05, 3.63) is 34.6 Å². The molecule has 6 nitrogen and oxygen atoms in total. The van der Waals surface area contributed by atoms with Gasteiger partial charge in [0.25, 0.3) is 0 Å². The van der Waals surface area contributed by atoms with Gasteiger partial charge in [-0.15, -0.1) is 0 Å². The molecule has 2 aromatic rings. The number of halogens is 1. The average molecular weight is 380 g/mol. The first kappa shape index (κ1) is 16.1. The van der Waals surface area contributed by atoms with Gasteiger partial charge in [0.05, 0.1) is 6.10 Å². The number of nitrogens with zero attached hydrogens (tertiary/aromatic N) is 2. The molecule has 0 radical (unpaired) electrons. The van der Waals surface area contributed by atoms with E-state index in [-0.39, 0.29) is 12.0 Å². The minimum atomic E-state index is -0.0242. The van der Waals surface area contributed by atoms with Crippen molar-refractivity contribution in [1.82, 2.24) is 15.5 Å². The quantitative estimate of drug-likeness (QED) is 0.834.